The predicted molar refractivity (Wildman–Crippen MR) is 82.6 cm³/mol. The largest absolute Gasteiger partial charge is 0.394 e. The first kappa shape index (κ1) is 17.4. The van der Waals surface area contributed by atoms with Gasteiger partial charge in [0.2, 0.25) is 5.91 Å². The molecule has 1 heterocycles. The van der Waals surface area contributed by atoms with Crippen LogP contribution in [-0.2, 0) is 4.79 Å². The minimum atomic E-state index is -0.510. The molecule has 1 rings (SSSR count). The maximum Gasteiger partial charge on any atom is 0.243 e. The summed E-state index contributed by atoms with van der Waals surface area (Å²) in [5.41, 5.74) is -1.05. The lowest BCUT2D eigenvalue weighted by atomic mass is 9.78. The number of rotatable bonds is 6. The molecule has 1 amide bonds. The number of nitrogens with one attached hydrogen (secondary N) is 1. The van der Waals surface area contributed by atoms with E-state index in [-0.39, 0.29) is 18.1 Å². The summed E-state index contributed by atoms with van der Waals surface area (Å²) in [6.45, 7) is 13.0. The second-order valence-electron chi connectivity index (χ2n) is 6.76. The van der Waals surface area contributed by atoms with Gasteiger partial charge in [0, 0.05) is 12.1 Å². The van der Waals surface area contributed by atoms with E-state index in [9.17, 15) is 9.90 Å². The third kappa shape index (κ3) is 2.73. The third-order valence-electron chi connectivity index (χ3n) is 5.30. The summed E-state index contributed by atoms with van der Waals surface area (Å²) in [7, 11) is 0. The molecule has 0 unspecified atom stereocenters. The SMILES string of the molecule is CCC1(CC)CN(C(C)(C)CO)C(=O)C(CC)(CC)N1. The van der Waals surface area contributed by atoms with Crippen molar-refractivity contribution >= 4 is 5.91 Å². The summed E-state index contributed by atoms with van der Waals surface area (Å²) >= 11 is 0. The number of nitrogens with zero attached hydrogens (tertiary/aromatic N) is 1. The lowest BCUT2D eigenvalue weighted by molar-refractivity contribution is -0.156. The summed E-state index contributed by atoms with van der Waals surface area (Å²) in [6.07, 6.45) is 3.53. The van der Waals surface area contributed by atoms with Gasteiger partial charge in [-0.1, -0.05) is 27.7 Å². The number of amides is 1. The van der Waals surface area contributed by atoms with Crippen LogP contribution in [0.5, 0.6) is 0 Å². The normalized spacial score (nSPS) is 22.1. The maximum absolute atomic E-state index is 13.0. The fourth-order valence-corrected chi connectivity index (χ4v) is 3.19. The molecule has 1 fully saturated rings. The van der Waals surface area contributed by atoms with Crippen molar-refractivity contribution in [1.29, 1.82) is 0 Å². The maximum atomic E-state index is 13.0. The molecule has 0 radical (unpaired) electrons. The van der Waals surface area contributed by atoms with Gasteiger partial charge in [0.1, 0.15) is 0 Å². The smallest absolute Gasteiger partial charge is 0.243 e. The van der Waals surface area contributed by atoms with Crippen LogP contribution in [0.1, 0.15) is 67.2 Å². The Morgan fingerprint density at radius 2 is 1.65 bits per heavy atom. The van der Waals surface area contributed by atoms with Crippen LogP contribution in [0.15, 0.2) is 0 Å². The molecule has 0 aromatic rings. The molecule has 118 valence electrons. The number of carbonyl (C=O) groups excluding carboxylic acids is 1. The van der Waals surface area contributed by atoms with Gasteiger partial charge in [-0.3, -0.25) is 10.1 Å². The molecule has 1 aliphatic rings. The zero-order valence-electron chi connectivity index (χ0n) is 14.0. The average molecular weight is 284 g/mol. The molecule has 1 saturated heterocycles. The van der Waals surface area contributed by atoms with Crippen molar-refractivity contribution in [3.8, 4) is 0 Å². The van der Waals surface area contributed by atoms with E-state index in [0.29, 0.717) is 6.54 Å². The number of piperazine rings is 1. The predicted octanol–water partition coefficient (Wildman–Crippen LogP) is 2.31. The van der Waals surface area contributed by atoms with E-state index < -0.39 is 11.1 Å². The number of aliphatic hydroxyl groups is 1. The molecule has 0 spiro atoms. The van der Waals surface area contributed by atoms with E-state index >= 15 is 0 Å². The third-order valence-corrected chi connectivity index (χ3v) is 5.30. The molecule has 0 saturated carbocycles. The first-order valence-corrected chi connectivity index (χ1v) is 7.98. The van der Waals surface area contributed by atoms with Crippen LogP contribution < -0.4 is 5.32 Å². The Bertz CT molecular complexity index is 344. The van der Waals surface area contributed by atoms with E-state index in [1.165, 1.54) is 0 Å². The molecular weight excluding hydrogens is 252 g/mol. The van der Waals surface area contributed by atoms with E-state index in [1.54, 1.807) is 0 Å². The van der Waals surface area contributed by atoms with Crippen molar-refractivity contribution in [2.45, 2.75) is 83.8 Å². The van der Waals surface area contributed by atoms with E-state index in [2.05, 4.69) is 33.0 Å². The van der Waals surface area contributed by atoms with Crippen molar-refractivity contribution in [3.63, 3.8) is 0 Å². The Kier molecular flexibility index (Phi) is 5.25. The lowest BCUT2D eigenvalue weighted by Gasteiger charge is -2.56. The minimum absolute atomic E-state index is 0.00818. The molecule has 2 N–H and O–H groups in total. The number of aliphatic hydroxyl groups excluding tert-OH is 1. The molecule has 20 heavy (non-hydrogen) atoms. The number of hydrogen-bond acceptors (Lipinski definition) is 3. The molecule has 4 heteroatoms. The monoisotopic (exact) mass is 284 g/mol. The van der Waals surface area contributed by atoms with Crippen molar-refractivity contribution in [2.75, 3.05) is 13.2 Å². The van der Waals surface area contributed by atoms with E-state index in [1.807, 2.05) is 18.7 Å². The summed E-state index contributed by atoms with van der Waals surface area (Å²) in [6, 6.07) is 0. The summed E-state index contributed by atoms with van der Waals surface area (Å²) in [5, 5.41) is 13.4. The Labute approximate surface area is 123 Å². The highest BCUT2D eigenvalue weighted by Crippen LogP contribution is 2.35. The molecule has 4 nitrogen and oxygen atoms in total. The highest BCUT2D eigenvalue weighted by molar-refractivity contribution is 5.88. The van der Waals surface area contributed by atoms with Gasteiger partial charge in [0.05, 0.1) is 17.7 Å². The van der Waals surface area contributed by atoms with Crippen LogP contribution in [0.2, 0.25) is 0 Å². The molecule has 0 aromatic heterocycles. The lowest BCUT2D eigenvalue weighted by Crippen LogP contribution is -2.76. The highest BCUT2D eigenvalue weighted by atomic mass is 16.3. The zero-order chi connectivity index (χ0) is 15.6. The van der Waals surface area contributed by atoms with Gasteiger partial charge in [-0.25, -0.2) is 0 Å². The molecule has 0 bridgehead atoms. The van der Waals surface area contributed by atoms with Crippen LogP contribution >= 0.6 is 0 Å². The van der Waals surface area contributed by atoms with Crippen LogP contribution in [0.25, 0.3) is 0 Å². The minimum Gasteiger partial charge on any atom is -0.394 e. The number of carbonyl (C=O) groups is 1. The molecule has 1 aliphatic heterocycles. The fourth-order valence-electron chi connectivity index (χ4n) is 3.19. The van der Waals surface area contributed by atoms with Crippen molar-refractivity contribution < 1.29 is 9.90 Å². The van der Waals surface area contributed by atoms with Gasteiger partial charge in [-0.2, -0.15) is 0 Å². The van der Waals surface area contributed by atoms with E-state index in [0.717, 1.165) is 25.7 Å². The average Bonchev–Trinajstić information content (AvgIpc) is 2.48. The molecule has 0 aromatic carbocycles. The first-order chi connectivity index (χ1) is 9.26. The highest BCUT2D eigenvalue weighted by Gasteiger charge is 2.52. The molecule has 0 atom stereocenters. The van der Waals surface area contributed by atoms with Gasteiger partial charge >= 0.3 is 0 Å². The van der Waals surface area contributed by atoms with Crippen LogP contribution in [0, 0.1) is 0 Å². The van der Waals surface area contributed by atoms with Crippen molar-refractivity contribution in [3.05, 3.63) is 0 Å². The van der Waals surface area contributed by atoms with Crippen LogP contribution in [0.3, 0.4) is 0 Å². The molecular formula is C16H32N2O2. The van der Waals surface area contributed by atoms with Crippen molar-refractivity contribution in [1.82, 2.24) is 10.2 Å². The molecule has 0 aliphatic carbocycles. The Morgan fingerprint density at radius 1 is 1.15 bits per heavy atom. The second-order valence-corrected chi connectivity index (χ2v) is 6.76. The van der Waals surface area contributed by atoms with E-state index in [4.69, 9.17) is 0 Å². The summed E-state index contributed by atoms with van der Waals surface area (Å²) in [5.74, 6) is 0.138. The number of hydrogen-bond donors (Lipinski definition) is 2. The Balaban J connectivity index is 3.28. The van der Waals surface area contributed by atoms with Gasteiger partial charge in [0.15, 0.2) is 0 Å². The first-order valence-electron chi connectivity index (χ1n) is 7.98. The fraction of sp³-hybridized carbons (Fsp3) is 0.938. The Hall–Kier alpha value is -0.610. The van der Waals surface area contributed by atoms with Crippen LogP contribution in [-0.4, -0.2) is 45.7 Å². The quantitative estimate of drug-likeness (QED) is 0.787. The standard InChI is InChI=1S/C16H32N2O2/c1-7-15(8-2)11-18(14(5,6)12-19)13(20)16(9-3,10-4)17-15/h17,19H,7-12H2,1-6H3. The van der Waals surface area contributed by atoms with Gasteiger partial charge in [0.25, 0.3) is 0 Å². The van der Waals surface area contributed by atoms with Crippen LogP contribution in [0.4, 0.5) is 0 Å². The topological polar surface area (TPSA) is 52.6 Å². The summed E-state index contributed by atoms with van der Waals surface area (Å²) < 4.78 is 0. The van der Waals surface area contributed by atoms with Crippen molar-refractivity contribution in [2.24, 2.45) is 0 Å². The summed E-state index contributed by atoms with van der Waals surface area (Å²) in [4.78, 5) is 14.9. The van der Waals surface area contributed by atoms with Gasteiger partial charge in [-0.15, -0.1) is 0 Å². The second kappa shape index (κ2) is 6.02. The Morgan fingerprint density at radius 3 is 2.00 bits per heavy atom. The van der Waals surface area contributed by atoms with Gasteiger partial charge < -0.3 is 10.0 Å². The zero-order valence-corrected chi connectivity index (χ0v) is 14.0. The van der Waals surface area contributed by atoms with Gasteiger partial charge in [-0.05, 0) is 39.5 Å².